The van der Waals surface area contributed by atoms with Crippen LogP contribution in [0.3, 0.4) is 0 Å². The molecular weight excluding hydrogens is 414 g/mol. The van der Waals surface area contributed by atoms with Gasteiger partial charge in [0.05, 0.1) is 43.9 Å². The molecule has 3 N–H and O–H groups in total. The number of benzene rings is 3. The van der Waals surface area contributed by atoms with E-state index >= 15 is 0 Å². The van der Waals surface area contributed by atoms with Crippen molar-refractivity contribution in [3.05, 3.63) is 77.5 Å². The minimum atomic E-state index is 0.663. The van der Waals surface area contributed by atoms with Crippen LogP contribution in [0, 0.1) is 6.92 Å². The lowest BCUT2D eigenvalue weighted by molar-refractivity contribution is 0.355. The van der Waals surface area contributed by atoms with Crippen molar-refractivity contribution in [1.29, 1.82) is 0 Å². The molecule has 0 saturated heterocycles. The number of hydrogen-bond donors (Lipinski definition) is 2. The molecule has 0 aliphatic rings. The van der Waals surface area contributed by atoms with Crippen LogP contribution in [-0.2, 0) is 0 Å². The topological polar surface area (TPSA) is 78.6 Å². The van der Waals surface area contributed by atoms with Crippen LogP contribution >= 0.6 is 0 Å². The predicted octanol–water partition coefficient (Wildman–Crippen LogP) is 6.07. The van der Waals surface area contributed by atoms with Crippen molar-refractivity contribution in [1.82, 2.24) is 4.98 Å². The van der Waals surface area contributed by atoms with E-state index < -0.39 is 0 Å². The van der Waals surface area contributed by atoms with Crippen LogP contribution in [-0.4, -0.2) is 26.3 Å². The van der Waals surface area contributed by atoms with E-state index in [4.69, 9.17) is 24.9 Å². The fraction of sp³-hybridized carbons (Fsp3) is 0.148. The maximum atomic E-state index is 6.37. The van der Waals surface area contributed by atoms with Gasteiger partial charge in [0.15, 0.2) is 11.5 Å². The first-order valence-electron chi connectivity index (χ1n) is 10.5. The van der Waals surface area contributed by atoms with E-state index in [1.165, 1.54) is 0 Å². The summed E-state index contributed by atoms with van der Waals surface area (Å²) in [6, 6.07) is 19.4. The molecule has 168 valence electrons. The molecule has 0 aliphatic heterocycles. The summed E-state index contributed by atoms with van der Waals surface area (Å²) in [5, 5.41) is 4.37. The highest BCUT2D eigenvalue weighted by atomic mass is 16.5. The molecule has 0 unspecified atom stereocenters. The molecule has 0 spiro atoms. The highest BCUT2D eigenvalue weighted by molar-refractivity contribution is 6.04. The molecule has 0 fully saturated rings. The van der Waals surface area contributed by atoms with E-state index in [1.54, 1.807) is 21.3 Å². The van der Waals surface area contributed by atoms with Gasteiger partial charge >= 0.3 is 0 Å². The molecule has 4 aromatic rings. The zero-order valence-corrected chi connectivity index (χ0v) is 19.2. The molecule has 0 aliphatic carbocycles. The Bertz CT molecular complexity index is 1330. The van der Waals surface area contributed by atoms with Gasteiger partial charge in [0.2, 0.25) is 0 Å². The SMILES string of the molecule is COc1ccccc1Nc1cc(/C=C/c2ccc(OC)c(OC)c2)nc2c(C)ccc(N)c12. The van der Waals surface area contributed by atoms with Gasteiger partial charge in [-0.2, -0.15) is 0 Å². The summed E-state index contributed by atoms with van der Waals surface area (Å²) in [5.74, 6) is 2.11. The molecule has 0 radical (unpaired) electrons. The van der Waals surface area contributed by atoms with Crippen molar-refractivity contribution in [2.45, 2.75) is 6.92 Å². The number of nitrogen functional groups attached to an aromatic ring is 1. The number of pyridine rings is 1. The number of aromatic nitrogens is 1. The maximum Gasteiger partial charge on any atom is 0.161 e. The minimum Gasteiger partial charge on any atom is -0.495 e. The Morgan fingerprint density at radius 3 is 2.30 bits per heavy atom. The van der Waals surface area contributed by atoms with E-state index in [9.17, 15) is 0 Å². The molecule has 33 heavy (non-hydrogen) atoms. The van der Waals surface area contributed by atoms with Crippen molar-refractivity contribution in [3.63, 3.8) is 0 Å². The lowest BCUT2D eigenvalue weighted by Crippen LogP contribution is -2.00. The number of rotatable bonds is 7. The van der Waals surface area contributed by atoms with Gasteiger partial charge < -0.3 is 25.3 Å². The molecule has 0 amide bonds. The number of anilines is 3. The van der Waals surface area contributed by atoms with Crippen LogP contribution < -0.4 is 25.3 Å². The van der Waals surface area contributed by atoms with Gasteiger partial charge in [-0.15, -0.1) is 0 Å². The maximum absolute atomic E-state index is 6.37. The van der Waals surface area contributed by atoms with Crippen LogP contribution in [0.4, 0.5) is 17.1 Å². The third-order valence-corrected chi connectivity index (χ3v) is 5.44. The first-order valence-corrected chi connectivity index (χ1v) is 10.5. The third kappa shape index (κ3) is 4.55. The highest BCUT2D eigenvalue weighted by Gasteiger charge is 2.12. The number of para-hydroxylation sites is 2. The van der Waals surface area contributed by atoms with Crippen molar-refractivity contribution >= 4 is 40.1 Å². The Morgan fingerprint density at radius 2 is 1.55 bits per heavy atom. The number of aryl methyl sites for hydroxylation is 1. The summed E-state index contributed by atoms with van der Waals surface area (Å²) in [6.45, 7) is 2.03. The smallest absolute Gasteiger partial charge is 0.161 e. The lowest BCUT2D eigenvalue weighted by atomic mass is 10.1. The summed E-state index contributed by atoms with van der Waals surface area (Å²) in [7, 11) is 4.90. The molecule has 1 heterocycles. The first-order chi connectivity index (χ1) is 16.0. The predicted molar refractivity (Wildman–Crippen MR) is 136 cm³/mol. The second-order valence-electron chi connectivity index (χ2n) is 7.56. The summed E-state index contributed by atoms with van der Waals surface area (Å²) in [5.41, 5.74) is 12.4. The average Bonchev–Trinajstić information content (AvgIpc) is 2.85. The molecule has 1 aromatic heterocycles. The Labute approximate surface area is 193 Å². The zero-order valence-electron chi connectivity index (χ0n) is 19.2. The number of ether oxygens (including phenoxy) is 3. The Balaban J connectivity index is 1.80. The third-order valence-electron chi connectivity index (χ3n) is 5.44. The first kappa shape index (κ1) is 22.0. The fourth-order valence-corrected chi connectivity index (χ4v) is 3.73. The van der Waals surface area contributed by atoms with Gasteiger partial charge in [-0.1, -0.05) is 30.3 Å². The Kier molecular flexibility index (Phi) is 6.36. The van der Waals surface area contributed by atoms with Gasteiger partial charge in [-0.3, -0.25) is 0 Å². The van der Waals surface area contributed by atoms with Gasteiger partial charge in [-0.05, 0) is 60.5 Å². The summed E-state index contributed by atoms with van der Waals surface area (Å²) >= 11 is 0. The molecule has 0 atom stereocenters. The van der Waals surface area contributed by atoms with Gasteiger partial charge in [0, 0.05) is 11.1 Å². The van der Waals surface area contributed by atoms with Crippen LogP contribution in [0.2, 0.25) is 0 Å². The highest BCUT2D eigenvalue weighted by Crippen LogP contribution is 2.36. The Morgan fingerprint density at radius 1 is 0.788 bits per heavy atom. The van der Waals surface area contributed by atoms with E-state index in [2.05, 4.69) is 5.32 Å². The molecule has 3 aromatic carbocycles. The molecule has 6 heteroatoms. The van der Waals surface area contributed by atoms with E-state index in [-0.39, 0.29) is 0 Å². The van der Waals surface area contributed by atoms with Crippen molar-refractivity contribution in [2.24, 2.45) is 0 Å². The fourth-order valence-electron chi connectivity index (χ4n) is 3.73. The summed E-state index contributed by atoms with van der Waals surface area (Å²) in [6.07, 6.45) is 3.96. The molecule has 6 nitrogen and oxygen atoms in total. The van der Waals surface area contributed by atoms with Crippen molar-refractivity contribution in [3.8, 4) is 17.2 Å². The normalized spacial score (nSPS) is 11.0. The monoisotopic (exact) mass is 441 g/mol. The quantitative estimate of drug-likeness (QED) is 0.339. The lowest BCUT2D eigenvalue weighted by Gasteiger charge is -2.16. The van der Waals surface area contributed by atoms with Crippen LogP contribution in [0.15, 0.2) is 60.7 Å². The van der Waals surface area contributed by atoms with E-state index in [1.807, 2.05) is 79.7 Å². The molecular formula is C27H27N3O3. The van der Waals surface area contributed by atoms with Crippen molar-refractivity contribution in [2.75, 3.05) is 32.4 Å². The standard InChI is InChI=1S/C27H27N3O3/c1-17-9-13-20(28)26-22(30-21-7-5-6-8-23(21)31-2)16-19(29-27(17)26)12-10-18-11-14-24(32-3)25(15-18)33-4/h5-16H,28H2,1-4H3,(H,29,30)/b12-10+. The Hall–Kier alpha value is -4.19. The second-order valence-corrected chi connectivity index (χ2v) is 7.56. The van der Waals surface area contributed by atoms with Crippen LogP contribution in [0.25, 0.3) is 23.1 Å². The van der Waals surface area contributed by atoms with Crippen LogP contribution in [0.1, 0.15) is 16.8 Å². The van der Waals surface area contributed by atoms with Crippen molar-refractivity contribution < 1.29 is 14.2 Å². The minimum absolute atomic E-state index is 0.663. The van der Waals surface area contributed by atoms with E-state index in [0.717, 1.165) is 44.8 Å². The molecule has 0 bridgehead atoms. The number of methoxy groups -OCH3 is 3. The summed E-state index contributed by atoms with van der Waals surface area (Å²) < 4.78 is 16.3. The van der Waals surface area contributed by atoms with E-state index in [0.29, 0.717) is 17.2 Å². The number of nitrogens with one attached hydrogen (secondary N) is 1. The number of fused-ring (bicyclic) bond motifs is 1. The molecule has 0 saturated carbocycles. The van der Waals surface area contributed by atoms with Gasteiger partial charge in [0.1, 0.15) is 5.75 Å². The summed E-state index contributed by atoms with van der Waals surface area (Å²) in [4.78, 5) is 4.88. The van der Waals surface area contributed by atoms with Gasteiger partial charge in [0.25, 0.3) is 0 Å². The number of nitrogens with zero attached hydrogens (tertiary/aromatic N) is 1. The average molecular weight is 442 g/mol. The van der Waals surface area contributed by atoms with Gasteiger partial charge in [-0.25, -0.2) is 4.98 Å². The largest absolute Gasteiger partial charge is 0.495 e. The van der Waals surface area contributed by atoms with Crippen LogP contribution in [0.5, 0.6) is 17.2 Å². The number of nitrogens with two attached hydrogens (primary N) is 1. The molecule has 4 rings (SSSR count). The second kappa shape index (κ2) is 9.53. The zero-order chi connectivity index (χ0) is 23.4. The number of hydrogen-bond acceptors (Lipinski definition) is 6.